The van der Waals surface area contributed by atoms with E-state index in [-0.39, 0.29) is 0 Å². The second kappa shape index (κ2) is 12.3. The highest BCUT2D eigenvalue weighted by Crippen LogP contribution is 2.46. The molecule has 5 heteroatoms. The average Bonchev–Trinajstić information content (AvgIpc) is 3.82. The molecular formula is C49H29N3OS. The molecule has 0 fully saturated rings. The standard InChI is InChI=1S/C49H29N3OS/c1-2-11-33(12-3-1)47-50-48(34-23-18-31(19-24-34)37-27-20-30-10-4-5-13-36(30)28-37)52-49(51-47)35-25-21-32(22-26-35)40-29-41-38-14-6-8-16-42(38)53-45(41)44-39-15-7-9-17-43(39)54-46(40)44/h1-29H. The largest absolute Gasteiger partial charge is 0.455 e. The molecule has 0 saturated heterocycles. The summed E-state index contributed by atoms with van der Waals surface area (Å²) in [6.45, 7) is 0. The zero-order valence-electron chi connectivity index (χ0n) is 28.9. The Bertz CT molecular complexity index is 3200. The van der Waals surface area contributed by atoms with Crippen molar-refractivity contribution in [2.75, 3.05) is 0 Å². The molecule has 0 N–H and O–H groups in total. The molecule has 4 nitrogen and oxygen atoms in total. The van der Waals surface area contributed by atoms with E-state index in [0.717, 1.165) is 49.8 Å². The lowest BCUT2D eigenvalue weighted by Gasteiger charge is -2.10. The van der Waals surface area contributed by atoms with E-state index < -0.39 is 0 Å². The monoisotopic (exact) mass is 707 g/mol. The number of hydrogen-bond acceptors (Lipinski definition) is 5. The lowest BCUT2D eigenvalue weighted by Crippen LogP contribution is -2.00. The Balaban J connectivity index is 1.02. The van der Waals surface area contributed by atoms with Gasteiger partial charge in [0.2, 0.25) is 0 Å². The summed E-state index contributed by atoms with van der Waals surface area (Å²) in [5.74, 6) is 1.91. The maximum Gasteiger partial charge on any atom is 0.164 e. The van der Waals surface area contributed by atoms with Crippen molar-refractivity contribution < 1.29 is 4.42 Å². The minimum atomic E-state index is 0.632. The number of thiophene rings is 1. The van der Waals surface area contributed by atoms with Gasteiger partial charge in [0.1, 0.15) is 11.2 Å². The first-order valence-corrected chi connectivity index (χ1v) is 18.8. The fraction of sp³-hybridized carbons (Fsp3) is 0. The maximum absolute atomic E-state index is 6.52. The number of nitrogens with zero attached hydrogens (tertiary/aromatic N) is 3. The number of aromatic nitrogens is 3. The van der Waals surface area contributed by atoms with Crippen molar-refractivity contribution in [3.05, 3.63) is 176 Å². The van der Waals surface area contributed by atoms with Crippen molar-refractivity contribution in [1.29, 1.82) is 0 Å². The molecule has 0 atom stereocenters. The van der Waals surface area contributed by atoms with Gasteiger partial charge >= 0.3 is 0 Å². The van der Waals surface area contributed by atoms with Gasteiger partial charge in [-0.2, -0.15) is 0 Å². The fourth-order valence-corrected chi connectivity index (χ4v) is 8.85. The number of furan rings is 1. The highest BCUT2D eigenvalue weighted by Gasteiger charge is 2.20. The molecule has 252 valence electrons. The van der Waals surface area contributed by atoms with E-state index in [0.29, 0.717) is 17.5 Å². The molecule has 11 rings (SSSR count). The Labute approximate surface area is 314 Å². The van der Waals surface area contributed by atoms with Crippen molar-refractivity contribution >= 4 is 64.2 Å². The Morgan fingerprint density at radius 1 is 0.389 bits per heavy atom. The van der Waals surface area contributed by atoms with Gasteiger partial charge in [0.25, 0.3) is 0 Å². The van der Waals surface area contributed by atoms with Crippen LogP contribution in [-0.2, 0) is 0 Å². The second-order valence-electron chi connectivity index (χ2n) is 13.6. The van der Waals surface area contributed by atoms with Gasteiger partial charge in [0.15, 0.2) is 17.5 Å². The van der Waals surface area contributed by atoms with Crippen LogP contribution in [0, 0.1) is 0 Å². The van der Waals surface area contributed by atoms with Gasteiger partial charge in [-0.1, -0.05) is 152 Å². The Hall–Kier alpha value is -6.95. The maximum atomic E-state index is 6.52. The van der Waals surface area contributed by atoms with E-state index >= 15 is 0 Å². The van der Waals surface area contributed by atoms with Crippen molar-refractivity contribution in [3.63, 3.8) is 0 Å². The quantitative estimate of drug-likeness (QED) is 0.179. The van der Waals surface area contributed by atoms with Crippen LogP contribution in [0.25, 0.3) is 109 Å². The summed E-state index contributed by atoms with van der Waals surface area (Å²) in [4.78, 5) is 15.1. The van der Waals surface area contributed by atoms with Crippen LogP contribution in [0.4, 0.5) is 0 Å². The second-order valence-corrected chi connectivity index (χ2v) is 14.6. The summed E-state index contributed by atoms with van der Waals surface area (Å²) in [7, 11) is 0. The summed E-state index contributed by atoms with van der Waals surface area (Å²) in [6.07, 6.45) is 0. The van der Waals surface area contributed by atoms with E-state index in [9.17, 15) is 0 Å². The fourth-order valence-electron chi connectivity index (χ4n) is 7.61. The molecule has 0 unspecified atom stereocenters. The molecule has 54 heavy (non-hydrogen) atoms. The Morgan fingerprint density at radius 3 is 1.69 bits per heavy atom. The highest BCUT2D eigenvalue weighted by molar-refractivity contribution is 7.26. The highest BCUT2D eigenvalue weighted by atomic mass is 32.1. The van der Waals surface area contributed by atoms with E-state index in [1.54, 1.807) is 0 Å². The smallest absolute Gasteiger partial charge is 0.164 e. The first kappa shape index (κ1) is 30.7. The van der Waals surface area contributed by atoms with Crippen molar-refractivity contribution in [3.8, 4) is 56.4 Å². The minimum Gasteiger partial charge on any atom is -0.455 e. The van der Waals surface area contributed by atoms with Crippen LogP contribution >= 0.6 is 11.3 Å². The molecule has 3 aromatic heterocycles. The van der Waals surface area contributed by atoms with Gasteiger partial charge in [-0.15, -0.1) is 11.3 Å². The summed E-state index contributed by atoms with van der Waals surface area (Å²) in [6, 6.07) is 61.5. The van der Waals surface area contributed by atoms with Gasteiger partial charge in [-0.3, -0.25) is 0 Å². The number of para-hydroxylation sites is 1. The van der Waals surface area contributed by atoms with Crippen LogP contribution < -0.4 is 0 Å². The van der Waals surface area contributed by atoms with Crippen molar-refractivity contribution in [1.82, 2.24) is 15.0 Å². The molecule has 0 aliphatic carbocycles. The molecule has 8 aromatic carbocycles. The van der Waals surface area contributed by atoms with Crippen molar-refractivity contribution in [2.45, 2.75) is 0 Å². The molecule has 3 heterocycles. The zero-order valence-corrected chi connectivity index (χ0v) is 29.7. The van der Waals surface area contributed by atoms with Crippen molar-refractivity contribution in [2.24, 2.45) is 0 Å². The molecule has 0 amide bonds. The molecule has 0 radical (unpaired) electrons. The van der Waals surface area contributed by atoms with Gasteiger partial charge in [0, 0.05) is 53.2 Å². The van der Waals surface area contributed by atoms with Crippen LogP contribution in [0.15, 0.2) is 180 Å². The average molecular weight is 708 g/mol. The topological polar surface area (TPSA) is 51.8 Å². The van der Waals surface area contributed by atoms with Crippen LogP contribution in [0.5, 0.6) is 0 Å². The lowest BCUT2D eigenvalue weighted by atomic mass is 9.98. The van der Waals surface area contributed by atoms with Gasteiger partial charge < -0.3 is 4.42 Å². The number of fused-ring (bicyclic) bond motifs is 8. The predicted octanol–water partition coefficient (Wildman–Crippen LogP) is 13.6. The molecular weight excluding hydrogens is 679 g/mol. The van der Waals surface area contributed by atoms with Crippen LogP contribution in [0.2, 0.25) is 0 Å². The Morgan fingerprint density at radius 2 is 0.944 bits per heavy atom. The zero-order chi connectivity index (χ0) is 35.6. The molecule has 0 aliphatic heterocycles. The predicted molar refractivity (Wildman–Crippen MR) is 225 cm³/mol. The number of benzene rings is 8. The Kier molecular flexibility index (Phi) is 7.00. The number of rotatable bonds is 5. The van der Waals surface area contributed by atoms with E-state index in [4.69, 9.17) is 19.4 Å². The van der Waals surface area contributed by atoms with Gasteiger partial charge in [-0.05, 0) is 51.7 Å². The molecule has 0 saturated carbocycles. The molecule has 0 spiro atoms. The summed E-state index contributed by atoms with van der Waals surface area (Å²) in [5, 5.41) is 7.10. The normalized spacial score (nSPS) is 11.7. The molecule has 0 bridgehead atoms. The third-order valence-corrected chi connectivity index (χ3v) is 11.5. The molecule has 0 aliphatic rings. The summed E-state index contributed by atoms with van der Waals surface area (Å²) in [5.41, 5.74) is 9.29. The third kappa shape index (κ3) is 5.09. The van der Waals surface area contributed by atoms with E-state index in [1.165, 1.54) is 42.1 Å². The summed E-state index contributed by atoms with van der Waals surface area (Å²) < 4.78 is 8.99. The van der Waals surface area contributed by atoms with Crippen LogP contribution in [-0.4, -0.2) is 15.0 Å². The van der Waals surface area contributed by atoms with Gasteiger partial charge in [-0.25, -0.2) is 15.0 Å². The molecule has 11 aromatic rings. The SMILES string of the molecule is c1ccc(-c2nc(-c3ccc(-c4ccc5ccccc5c4)cc3)nc(-c3ccc(-c4cc5c6ccccc6oc5c5c4sc4ccccc45)cc3)n2)cc1. The lowest BCUT2D eigenvalue weighted by molar-refractivity contribution is 0.673. The van der Waals surface area contributed by atoms with E-state index in [2.05, 4.69) is 140 Å². The first-order valence-electron chi connectivity index (χ1n) is 18.0. The summed E-state index contributed by atoms with van der Waals surface area (Å²) >= 11 is 1.81. The van der Waals surface area contributed by atoms with Gasteiger partial charge in [0.05, 0.1) is 0 Å². The number of hydrogen-bond donors (Lipinski definition) is 0. The van der Waals surface area contributed by atoms with Crippen LogP contribution in [0.3, 0.4) is 0 Å². The minimum absolute atomic E-state index is 0.632. The first-order chi connectivity index (χ1) is 26.7. The third-order valence-electron chi connectivity index (χ3n) is 10.3. The van der Waals surface area contributed by atoms with Crippen LogP contribution in [0.1, 0.15) is 0 Å². The van der Waals surface area contributed by atoms with E-state index in [1.807, 2.05) is 47.7 Å².